The smallest absolute Gasteiger partial charge is 0.221 e. The molecule has 6 nitrogen and oxygen atoms in total. The number of nitrogens with zero attached hydrogens (tertiary/aromatic N) is 5. The van der Waals surface area contributed by atoms with E-state index in [1.807, 2.05) is 30.3 Å². The minimum Gasteiger partial charge on any atom is -0.368 e. The van der Waals surface area contributed by atoms with E-state index in [1.165, 1.54) is 12.1 Å². The van der Waals surface area contributed by atoms with Crippen LogP contribution in [-0.4, -0.2) is 24.7 Å². The molecule has 2 N–H and O–H groups in total. The fourth-order valence-electron chi connectivity index (χ4n) is 2.55. The van der Waals surface area contributed by atoms with Crippen LogP contribution in [0.15, 0.2) is 66.9 Å². The summed E-state index contributed by atoms with van der Waals surface area (Å²) in [5, 5.41) is 8.60. The second-order valence-electron chi connectivity index (χ2n) is 5.33. The number of hydrogen-bond donors (Lipinski definition) is 1. The first-order chi connectivity index (χ1) is 12.2. The number of anilines is 1. The van der Waals surface area contributed by atoms with E-state index in [0.29, 0.717) is 23.0 Å². The third kappa shape index (κ3) is 2.83. The van der Waals surface area contributed by atoms with Gasteiger partial charge in [-0.1, -0.05) is 30.3 Å². The van der Waals surface area contributed by atoms with E-state index in [1.54, 1.807) is 29.0 Å². The van der Waals surface area contributed by atoms with Gasteiger partial charge in [0, 0.05) is 23.4 Å². The average Bonchev–Trinajstić information content (AvgIpc) is 3.08. The van der Waals surface area contributed by atoms with E-state index in [0.717, 1.165) is 5.56 Å². The topological polar surface area (TPSA) is 82.5 Å². The van der Waals surface area contributed by atoms with Gasteiger partial charge in [0.15, 0.2) is 11.6 Å². The lowest BCUT2D eigenvalue weighted by Gasteiger charge is -2.10. The SMILES string of the molecule is Nc1nccc(-n2c(-c3ccccc3)nnc2-c2ccc(F)cc2)n1. The first kappa shape index (κ1) is 14.9. The van der Waals surface area contributed by atoms with Crippen LogP contribution in [-0.2, 0) is 0 Å². The van der Waals surface area contributed by atoms with Crippen LogP contribution in [0.1, 0.15) is 0 Å². The van der Waals surface area contributed by atoms with Gasteiger partial charge in [0.05, 0.1) is 0 Å². The lowest BCUT2D eigenvalue weighted by Crippen LogP contribution is -2.05. The maximum atomic E-state index is 13.3. The Hall–Kier alpha value is -3.61. The van der Waals surface area contributed by atoms with E-state index in [-0.39, 0.29) is 11.8 Å². The first-order valence-electron chi connectivity index (χ1n) is 7.58. The van der Waals surface area contributed by atoms with Gasteiger partial charge in [-0.05, 0) is 24.3 Å². The van der Waals surface area contributed by atoms with Crippen molar-refractivity contribution in [3.63, 3.8) is 0 Å². The van der Waals surface area contributed by atoms with E-state index in [2.05, 4.69) is 20.2 Å². The molecule has 2 aromatic heterocycles. The van der Waals surface area contributed by atoms with Gasteiger partial charge in [0.2, 0.25) is 5.95 Å². The van der Waals surface area contributed by atoms with Crippen LogP contribution in [0.5, 0.6) is 0 Å². The molecule has 0 bridgehead atoms. The summed E-state index contributed by atoms with van der Waals surface area (Å²) >= 11 is 0. The van der Waals surface area contributed by atoms with Crippen LogP contribution in [0.2, 0.25) is 0 Å². The van der Waals surface area contributed by atoms with E-state index in [4.69, 9.17) is 5.73 Å². The Morgan fingerprint density at radius 3 is 2.08 bits per heavy atom. The Kier molecular flexibility index (Phi) is 3.66. The van der Waals surface area contributed by atoms with Crippen LogP contribution in [0.25, 0.3) is 28.6 Å². The fraction of sp³-hybridized carbons (Fsp3) is 0. The van der Waals surface area contributed by atoms with Gasteiger partial charge in [0.25, 0.3) is 0 Å². The summed E-state index contributed by atoms with van der Waals surface area (Å²) in [6, 6.07) is 17.4. The number of rotatable bonds is 3. The highest BCUT2D eigenvalue weighted by Gasteiger charge is 2.18. The molecule has 0 amide bonds. The molecule has 0 aliphatic heterocycles. The molecular formula is C18H13FN6. The first-order valence-corrected chi connectivity index (χ1v) is 7.58. The van der Waals surface area contributed by atoms with E-state index in [9.17, 15) is 4.39 Å². The van der Waals surface area contributed by atoms with Crippen molar-refractivity contribution < 1.29 is 4.39 Å². The van der Waals surface area contributed by atoms with Crippen molar-refractivity contribution in [3.05, 3.63) is 72.7 Å². The predicted octanol–water partition coefficient (Wildman–Crippen LogP) is 3.11. The van der Waals surface area contributed by atoms with Crippen LogP contribution >= 0.6 is 0 Å². The maximum Gasteiger partial charge on any atom is 0.221 e. The third-order valence-electron chi connectivity index (χ3n) is 3.69. The summed E-state index contributed by atoms with van der Waals surface area (Å²) in [6.07, 6.45) is 1.57. The van der Waals surface area contributed by atoms with Crippen molar-refractivity contribution >= 4 is 5.95 Å². The molecule has 2 heterocycles. The molecule has 0 aliphatic rings. The number of nitrogen functional groups attached to an aromatic ring is 1. The molecule has 0 radical (unpaired) electrons. The standard InChI is InChI=1S/C18H13FN6/c19-14-8-6-13(7-9-14)17-24-23-16(12-4-2-1-3-5-12)25(17)15-10-11-21-18(20)22-15/h1-11H,(H2,20,21,22). The highest BCUT2D eigenvalue weighted by molar-refractivity contribution is 5.65. The van der Waals surface area contributed by atoms with Crippen molar-refractivity contribution in [2.75, 3.05) is 5.73 Å². The van der Waals surface area contributed by atoms with Gasteiger partial charge in [0.1, 0.15) is 11.6 Å². The van der Waals surface area contributed by atoms with Crippen LogP contribution < -0.4 is 5.73 Å². The van der Waals surface area contributed by atoms with Crippen LogP contribution in [0.3, 0.4) is 0 Å². The zero-order valence-electron chi connectivity index (χ0n) is 13.0. The van der Waals surface area contributed by atoms with E-state index < -0.39 is 0 Å². The number of halogens is 1. The van der Waals surface area contributed by atoms with Gasteiger partial charge < -0.3 is 5.73 Å². The highest BCUT2D eigenvalue weighted by Crippen LogP contribution is 2.27. The van der Waals surface area contributed by atoms with Gasteiger partial charge in [-0.15, -0.1) is 10.2 Å². The molecule has 4 rings (SSSR count). The minimum absolute atomic E-state index is 0.148. The highest BCUT2D eigenvalue weighted by atomic mass is 19.1. The molecule has 0 unspecified atom stereocenters. The Morgan fingerprint density at radius 2 is 1.44 bits per heavy atom. The second-order valence-corrected chi connectivity index (χ2v) is 5.33. The second kappa shape index (κ2) is 6.12. The molecule has 0 saturated heterocycles. The molecule has 4 aromatic rings. The summed E-state index contributed by atoms with van der Waals surface area (Å²) < 4.78 is 15.0. The summed E-state index contributed by atoms with van der Waals surface area (Å²) in [6.45, 7) is 0. The zero-order valence-corrected chi connectivity index (χ0v) is 13.0. The van der Waals surface area contributed by atoms with Gasteiger partial charge in [-0.3, -0.25) is 4.57 Å². The summed E-state index contributed by atoms with van der Waals surface area (Å²) in [5.41, 5.74) is 7.33. The normalized spacial score (nSPS) is 10.8. The molecule has 25 heavy (non-hydrogen) atoms. The lowest BCUT2D eigenvalue weighted by atomic mass is 10.2. The molecule has 122 valence electrons. The summed E-state index contributed by atoms with van der Waals surface area (Å²) in [7, 11) is 0. The number of benzene rings is 2. The maximum absolute atomic E-state index is 13.3. The quantitative estimate of drug-likeness (QED) is 0.623. The van der Waals surface area contributed by atoms with Crippen LogP contribution in [0.4, 0.5) is 10.3 Å². The van der Waals surface area contributed by atoms with Crippen LogP contribution in [0, 0.1) is 5.82 Å². The molecule has 0 aliphatic carbocycles. The molecule has 2 aromatic carbocycles. The number of aromatic nitrogens is 5. The monoisotopic (exact) mass is 332 g/mol. The number of nitrogens with two attached hydrogens (primary N) is 1. The number of hydrogen-bond acceptors (Lipinski definition) is 5. The van der Waals surface area contributed by atoms with Gasteiger partial charge >= 0.3 is 0 Å². The molecule has 0 saturated carbocycles. The van der Waals surface area contributed by atoms with E-state index >= 15 is 0 Å². The van der Waals surface area contributed by atoms with Crippen molar-refractivity contribution in [1.29, 1.82) is 0 Å². The minimum atomic E-state index is -0.315. The van der Waals surface area contributed by atoms with Crippen molar-refractivity contribution in [1.82, 2.24) is 24.7 Å². The molecule has 0 fully saturated rings. The summed E-state index contributed by atoms with van der Waals surface area (Å²) in [4.78, 5) is 8.21. The van der Waals surface area contributed by atoms with Gasteiger partial charge in [-0.25, -0.2) is 9.37 Å². The van der Waals surface area contributed by atoms with Crippen molar-refractivity contribution in [2.45, 2.75) is 0 Å². The fourth-order valence-corrected chi connectivity index (χ4v) is 2.55. The Bertz CT molecular complexity index is 1010. The van der Waals surface area contributed by atoms with Gasteiger partial charge in [-0.2, -0.15) is 4.98 Å². The molecule has 0 atom stereocenters. The summed E-state index contributed by atoms with van der Waals surface area (Å²) in [5.74, 6) is 1.52. The van der Waals surface area contributed by atoms with Crippen molar-refractivity contribution in [2.24, 2.45) is 0 Å². The van der Waals surface area contributed by atoms with Crippen molar-refractivity contribution in [3.8, 4) is 28.6 Å². The Labute approximate surface area is 142 Å². The Morgan fingerprint density at radius 1 is 0.800 bits per heavy atom. The zero-order chi connectivity index (χ0) is 17.2. The largest absolute Gasteiger partial charge is 0.368 e. The molecule has 7 heteroatoms. The predicted molar refractivity (Wildman–Crippen MR) is 92.2 cm³/mol. The Balaban J connectivity index is 1.96. The molecule has 0 spiro atoms. The molecular weight excluding hydrogens is 319 g/mol. The average molecular weight is 332 g/mol. The third-order valence-corrected chi connectivity index (χ3v) is 3.69. The lowest BCUT2D eigenvalue weighted by molar-refractivity contribution is 0.628.